The highest BCUT2D eigenvalue weighted by Gasteiger charge is 2.16. The zero-order chi connectivity index (χ0) is 19.2. The number of thiophene rings is 1. The van der Waals surface area contributed by atoms with Crippen LogP contribution in [0, 0.1) is 0 Å². The van der Waals surface area contributed by atoms with E-state index >= 15 is 0 Å². The molecule has 1 unspecified atom stereocenters. The van der Waals surface area contributed by atoms with Gasteiger partial charge in [-0.15, -0.1) is 11.3 Å². The third-order valence-electron chi connectivity index (χ3n) is 3.72. The summed E-state index contributed by atoms with van der Waals surface area (Å²) in [5, 5.41) is 5.22. The van der Waals surface area contributed by atoms with Crippen LogP contribution in [0.3, 0.4) is 0 Å². The first-order valence-corrected chi connectivity index (χ1v) is 9.41. The number of carbonyl (C=O) groups is 1. The van der Waals surface area contributed by atoms with Crippen LogP contribution in [0.15, 0.2) is 23.8 Å². The van der Waals surface area contributed by atoms with Crippen LogP contribution < -0.4 is 16.8 Å². The van der Waals surface area contributed by atoms with Crippen molar-refractivity contribution in [2.75, 3.05) is 24.2 Å². The lowest BCUT2D eigenvalue weighted by molar-refractivity contribution is -0.120. The predicted octanol–water partition coefficient (Wildman–Crippen LogP) is 1.81. The molecule has 5 N–H and O–H groups in total. The minimum absolute atomic E-state index is 0.143. The standard InChI is InChI=1S/C17H21N7O2S/c1-2-4-26-11(6-13(18)25)9-20-16-14-12(3-5-27-14)23-15(24-16)10-7-21-17(19)22-8-10/h3,5,7-8,11H,2,4,6,9H2,1H3,(H2,18,25)(H2,19,21,22)(H,20,23,24). The van der Waals surface area contributed by atoms with Crippen molar-refractivity contribution in [2.24, 2.45) is 5.73 Å². The third-order valence-corrected chi connectivity index (χ3v) is 4.63. The number of fused-ring (bicyclic) bond motifs is 1. The van der Waals surface area contributed by atoms with Gasteiger partial charge in [-0.05, 0) is 17.9 Å². The van der Waals surface area contributed by atoms with Gasteiger partial charge in [0.05, 0.1) is 28.3 Å². The Balaban J connectivity index is 1.85. The Kier molecular flexibility index (Phi) is 6.09. The van der Waals surface area contributed by atoms with Crippen molar-refractivity contribution >= 4 is 39.2 Å². The van der Waals surface area contributed by atoms with Gasteiger partial charge in [0.25, 0.3) is 0 Å². The van der Waals surface area contributed by atoms with E-state index in [2.05, 4.69) is 25.3 Å². The largest absolute Gasteiger partial charge is 0.376 e. The molecule has 0 saturated heterocycles. The number of amides is 1. The molecule has 0 aliphatic carbocycles. The fourth-order valence-electron chi connectivity index (χ4n) is 2.48. The molecule has 3 rings (SSSR count). The van der Waals surface area contributed by atoms with E-state index in [4.69, 9.17) is 16.2 Å². The molecule has 0 saturated carbocycles. The molecule has 0 radical (unpaired) electrons. The maximum absolute atomic E-state index is 11.3. The molecule has 0 spiro atoms. The Hall–Kier alpha value is -2.85. The number of nitrogens with two attached hydrogens (primary N) is 2. The highest BCUT2D eigenvalue weighted by atomic mass is 32.1. The smallest absolute Gasteiger partial charge is 0.220 e. The summed E-state index contributed by atoms with van der Waals surface area (Å²) in [6, 6.07) is 1.92. The molecular formula is C17H21N7O2S. The van der Waals surface area contributed by atoms with E-state index in [0.29, 0.717) is 30.4 Å². The Morgan fingerprint density at radius 3 is 2.81 bits per heavy atom. The van der Waals surface area contributed by atoms with Gasteiger partial charge in [0.1, 0.15) is 5.82 Å². The SMILES string of the molecule is CCCOC(CNc1nc(-c2cnc(N)nc2)nc2ccsc12)CC(N)=O. The number of ether oxygens (including phenoxy) is 1. The highest BCUT2D eigenvalue weighted by Crippen LogP contribution is 2.29. The van der Waals surface area contributed by atoms with E-state index < -0.39 is 5.91 Å². The van der Waals surface area contributed by atoms with Gasteiger partial charge in [-0.25, -0.2) is 19.9 Å². The van der Waals surface area contributed by atoms with E-state index in [1.54, 1.807) is 12.4 Å². The van der Waals surface area contributed by atoms with Crippen molar-refractivity contribution in [1.82, 2.24) is 19.9 Å². The fourth-order valence-corrected chi connectivity index (χ4v) is 3.27. The predicted molar refractivity (Wildman–Crippen MR) is 105 cm³/mol. The van der Waals surface area contributed by atoms with E-state index in [0.717, 1.165) is 16.6 Å². The molecule has 9 nitrogen and oxygen atoms in total. The highest BCUT2D eigenvalue weighted by molar-refractivity contribution is 7.17. The second kappa shape index (κ2) is 8.69. The van der Waals surface area contributed by atoms with Gasteiger partial charge in [-0.3, -0.25) is 4.79 Å². The van der Waals surface area contributed by atoms with E-state index in [-0.39, 0.29) is 18.5 Å². The molecule has 0 aliphatic heterocycles. The minimum Gasteiger partial charge on any atom is -0.376 e. The third kappa shape index (κ3) is 4.86. The molecule has 0 bridgehead atoms. The summed E-state index contributed by atoms with van der Waals surface area (Å²) < 4.78 is 6.63. The number of primary amides is 1. The minimum atomic E-state index is -0.401. The molecule has 0 aliphatic rings. The van der Waals surface area contributed by atoms with E-state index in [9.17, 15) is 4.79 Å². The van der Waals surface area contributed by atoms with Gasteiger partial charge in [0.15, 0.2) is 5.82 Å². The summed E-state index contributed by atoms with van der Waals surface area (Å²) in [7, 11) is 0. The number of nitrogens with one attached hydrogen (secondary N) is 1. The zero-order valence-corrected chi connectivity index (χ0v) is 15.7. The number of carbonyl (C=O) groups excluding carboxylic acids is 1. The van der Waals surface area contributed by atoms with Crippen LogP contribution in [-0.4, -0.2) is 45.1 Å². The van der Waals surface area contributed by atoms with Gasteiger partial charge in [-0.2, -0.15) is 0 Å². The van der Waals surface area contributed by atoms with Crippen LogP contribution >= 0.6 is 11.3 Å². The first-order valence-electron chi connectivity index (χ1n) is 8.53. The molecular weight excluding hydrogens is 366 g/mol. The average molecular weight is 387 g/mol. The molecule has 0 fully saturated rings. The fraction of sp³-hybridized carbons (Fsp3) is 0.353. The summed E-state index contributed by atoms with van der Waals surface area (Å²) in [5.74, 6) is 0.943. The van der Waals surface area contributed by atoms with Crippen molar-refractivity contribution in [2.45, 2.75) is 25.9 Å². The van der Waals surface area contributed by atoms with Crippen LogP contribution in [0.4, 0.5) is 11.8 Å². The maximum Gasteiger partial charge on any atom is 0.220 e. The first kappa shape index (κ1) is 18.9. The van der Waals surface area contributed by atoms with Gasteiger partial charge in [-0.1, -0.05) is 6.92 Å². The molecule has 0 aromatic carbocycles. The molecule has 3 aromatic rings. The lowest BCUT2D eigenvalue weighted by Crippen LogP contribution is -2.29. The molecule has 3 aromatic heterocycles. The number of nitrogen functional groups attached to an aromatic ring is 1. The molecule has 27 heavy (non-hydrogen) atoms. The van der Waals surface area contributed by atoms with Crippen LogP contribution in [0.1, 0.15) is 19.8 Å². The van der Waals surface area contributed by atoms with Gasteiger partial charge in [0.2, 0.25) is 11.9 Å². The van der Waals surface area contributed by atoms with Crippen LogP contribution in [0.25, 0.3) is 21.6 Å². The number of hydrogen-bond acceptors (Lipinski definition) is 9. The molecule has 10 heteroatoms. The molecule has 142 valence electrons. The monoisotopic (exact) mass is 387 g/mol. The summed E-state index contributed by atoms with van der Waals surface area (Å²) in [4.78, 5) is 28.4. The summed E-state index contributed by atoms with van der Waals surface area (Å²) in [6.45, 7) is 2.98. The van der Waals surface area contributed by atoms with Crippen LogP contribution in [0.5, 0.6) is 0 Å². The Labute approximate surface area is 160 Å². The molecule has 3 heterocycles. The first-order chi connectivity index (χ1) is 13.1. The average Bonchev–Trinajstić information content (AvgIpc) is 3.12. The van der Waals surface area contributed by atoms with E-state index in [1.807, 2.05) is 18.4 Å². The summed E-state index contributed by atoms with van der Waals surface area (Å²) in [5.41, 5.74) is 12.3. The zero-order valence-electron chi connectivity index (χ0n) is 14.9. The quantitative estimate of drug-likeness (QED) is 0.504. The number of rotatable bonds is 9. The number of aromatic nitrogens is 4. The van der Waals surface area contributed by atoms with Crippen molar-refractivity contribution in [3.63, 3.8) is 0 Å². The van der Waals surface area contributed by atoms with Gasteiger partial charge in [0, 0.05) is 25.5 Å². The number of nitrogens with zero attached hydrogens (tertiary/aromatic N) is 4. The Morgan fingerprint density at radius 1 is 1.33 bits per heavy atom. The van der Waals surface area contributed by atoms with E-state index in [1.165, 1.54) is 11.3 Å². The normalized spacial score (nSPS) is 12.2. The van der Waals surface area contributed by atoms with Crippen LogP contribution in [-0.2, 0) is 9.53 Å². The number of hydrogen-bond donors (Lipinski definition) is 3. The lowest BCUT2D eigenvalue weighted by atomic mass is 10.2. The maximum atomic E-state index is 11.3. The lowest BCUT2D eigenvalue weighted by Gasteiger charge is -2.17. The second-order valence-electron chi connectivity index (χ2n) is 5.90. The topological polar surface area (TPSA) is 142 Å². The number of anilines is 2. The van der Waals surface area contributed by atoms with Gasteiger partial charge < -0.3 is 21.5 Å². The van der Waals surface area contributed by atoms with Crippen molar-refractivity contribution in [3.05, 3.63) is 23.8 Å². The summed E-state index contributed by atoms with van der Waals surface area (Å²) >= 11 is 1.53. The Bertz CT molecular complexity index is 913. The Morgan fingerprint density at radius 2 is 2.11 bits per heavy atom. The van der Waals surface area contributed by atoms with Gasteiger partial charge >= 0.3 is 0 Å². The molecule has 1 atom stereocenters. The van der Waals surface area contributed by atoms with Crippen molar-refractivity contribution in [1.29, 1.82) is 0 Å². The van der Waals surface area contributed by atoms with Crippen molar-refractivity contribution < 1.29 is 9.53 Å². The summed E-state index contributed by atoms with van der Waals surface area (Å²) in [6.07, 6.45) is 3.85. The van der Waals surface area contributed by atoms with Crippen molar-refractivity contribution in [3.8, 4) is 11.4 Å². The second-order valence-corrected chi connectivity index (χ2v) is 6.82. The van der Waals surface area contributed by atoms with Crippen LogP contribution in [0.2, 0.25) is 0 Å². The molecule has 1 amide bonds.